The summed E-state index contributed by atoms with van der Waals surface area (Å²) in [7, 11) is 0. The number of rotatable bonds is 6. The van der Waals surface area contributed by atoms with Gasteiger partial charge in [-0.1, -0.05) is 0 Å². The van der Waals surface area contributed by atoms with Crippen LogP contribution in [0.3, 0.4) is 0 Å². The summed E-state index contributed by atoms with van der Waals surface area (Å²) in [6, 6.07) is 3.26. The number of alkyl halides is 3. The number of aryl methyl sites for hydroxylation is 1. The van der Waals surface area contributed by atoms with Crippen molar-refractivity contribution in [3.05, 3.63) is 41.3 Å². The summed E-state index contributed by atoms with van der Waals surface area (Å²) >= 11 is 0. The fourth-order valence-electron chi connectivity index (χ4n) is 2.16. The molecule has 0 radical (unpaired) electrons. The number of carbonyl (C=O) groups excluding carboxylic acids is 1. The predicted octanol–water partition coefficient (Wildman–Crippen LogP) is 2.65. The van der Waals surface area contributed by atoms with Crippen LogP contribution in [0.25, 0.3) is 0 Å². The van der Waals surface area contributed by atoms with Crippen LogP contribution in [0.4, 0.5) is 13.2 Å². The molecule has 0 aliphatic carbocycles. The molecule has 0 unspecified atom stereocenters. The van der Waals surface area contributed by atoms with Crippen molar-refractivity contribution in [2.45, 2.75) is 33.1 Å². The lowest BCUT2D eigenvalue weighted by molar-refractivity contribution is -0.144. The number of amides is 1. The Kier molecular flexibility index (Phi) is 5.42. The Hall–Kier alpha value is -2.58. The molecular weight excluding hydrogens is 325 g/mol. The second kappa shape index (κ2) is 7.33. The third-order valence-electron chi connectivity index (χ3n) is 3.20. The molecule has 0 aromatic carbocycles. The maximum atomic E-state index is 13.1. The number of hydrogen-bond acceptors (Lipinski definition) is 4. The molecule has 2 rings (SSSR count). The van der Waals surface area contributed by atoms with Crippen LogP contribution in [0.1, 0.15) is 35.5 Å². The Balaban J connectivity index is 2.13. The quantitative estimate of drug-likeness (QED) is 0.876. The van der Waals surface area contributed by atoms with E-state index in [2.05, 4.69) is 15.4 Å². The number of aromatic nitrogens is 3. The Morgan fingerprint density at radius 1 is 1.38 bits per heavy atom. The van der Waals surface area contributed by atoms with Crippen molar-refractivity contribution in [2.75, 3.05) is 6.61 Å². The van der Waals surface area contributed by atoms with Gasteiger partial charge in [-0.3, -0.25) is 9.48 Å². The van der Waals surface area contributed by atoms with Crippen molar-refractivity contribution < 1.29 is 22.7 Å². The number of carbonyl (C=O) groups is 1. The average Bonchev–Trinajstić information content (AvgIpc) is 2.98. The molecule has 6 nitrogen and oxygen atoms in total. The smallest absolute Gasteiger partial charge is 0.433 e. The van der Waals surface area contributed by atoms with Crippen molar-refractivity contribution in [3.8, 4) is 5.88 Å². The van der Waals surface area contributed by atoms with Crippen molar-refractivity contribution in [1.29, 1.82) is 0 Å². The molecule has 0 bridgehead atoms. The van der Waals surface area contributed by atoms with Crippen LogP contribution in [0.15, 0.2) is 24.5 Å². The molecule has 2 aromatic rings. The van der Waals surface area contributed by atoms with Gasteiger partial charge >= 0.3 is 6.18 Å². The third kappa shape index (κ3) is 4.03. The first kappa shape index (κ1) is 17.8. The Morgan fingerprint density at radius 3 is 2.75 bits per heavy atom. The third-order valence-corrected chi connectivity index (χ3v) is 3.20. The van der Waals surface area contributed by atoms with Crippen LogP contribution < -0.4 is 10.1 Å². The van der Waals surface area contributed by atoms with Gasteiger partial charge in [0.05, 0.1) is 18.4 Å². The van der Waals surface area contributed by atoms with Gasteiger partial charge in [0.2, 0.25) is 5.88 Å². The van der Waals surface area contributed by atoms with E-state index < -0.39 is 23.3 Å². The second-order valence-electron chi connectivity index (χ2n) is 4.84. The van der Waals surface area contributed by atoms with E-state index in [-0.39, 0.29) is 13.1 Å². The summed E-state index contributed by atoms with van der Waals surface area (Å²) in [5.74, 6) is -0.448. The van der Waals surface area contributed by atoms with Gasteiger partial charge in [-0.15, -0.1) is 0 Å². The number of pyridine rings is 1. The van der Waals surface area contributed by atoms with Crippen molar-refractivity contribution in [1.82, 2.24) is 20.1 Å². The lowest BCUT2D eigenvalue weighted by Gasteiger charge is -2.11. The number of nitrogens with zero attached hydrogens (tertiary/aromatic N) is 3. The zero-order valence-corrected chi connectivity index (χ0v) is 13.2. The molecule has 0 fully saturated rings. The molecule has 0 atom stereocenters. The molecule has 0 aliphatic heterocycles. The van der Waals surface area contributed by atoms with Crippen LogP contribution in [-0.2, 0) is 19.3 Å². The molecule has 24 heavy (non-hydrogen) atoms. The van der Waals surface area contributed by atoms with Gasteiger partial charge in [0, 0.05) is 25.4 Å². The van der Waals surface area contributed by atoms with Crippen LogP contribution >= 0.6 is 0 Å². The largest absolute Gasteiger partial charge is 0.478 e. The summed E-state index contributed by atoms with van der Waals surface area (Å²) < 4.78 is 45.4. The Bertz CT molecular complexity index is 713. The van der Waals surface area contributed by atoms with E-state index in [0.717, 1.165) is 10.9 Å². The van der Waals surface area contributed by atoms with Crippen molar-refractivity contribution >= 4 is 5.91 Å². The van der Waals surface area contributed by atoms with Gasteiger partial charge in [0.1, 0.15) is 0 Å². The summed E-state index contributed by atoms with van der Waals surface area (Å²) in [6.45, 7) is 3.84. The molecule has 0 spiro atoms. The Labute approximate surface area is 136 Å². The zero-order chi connectivity index (χ0) is 17.7. The number of ether oxygens (including phenoxy) is 1. The second-order valence-corrected chi connectivity index (χ2v) is 4.84. The average molecular weight is 342 g/mol. The molecule has 2 aromatic heterocycles. The highest BCUT2D eigenvalue weighted by Crippen LogP contribution is 2.32. The van der Waals surface area contributed by atoms with Gasteiger partial charge in [0.15, 0.2) is 5.69 Å². The molecular formula is C15H17F3N4O2. The van der Waals surface area contributed by atoms with Crippen LogP contribution in [-0.4, -0.2) is 27.3 Å². The highest BCUT2D eigenvalue weighted by atomic mass is 19.4. The lowest BCUT2D eigenvalue weighted by atomic mass is 10.2. The van der Waals surface area contributed by atoms with E-state index in [1.165, 1.54) is 13.1 Å². The fraction of sp³-hybridized carbons (Fsp3) is 0.400. The summed E-state index contributed by atoms with van der Waals surface area (Å²) in [5.41, 5.74) is -0.881. The summed E-state index contributed by atoms with van der Waals surface area (Å²) in [6.07, 6.45) is -2.22. The minimum absolute atomic E-state index is 0.0181. The first-order valence-electron chi connectivity index (χ1n) is 7.35. The molecule has 9 heteroatoms. The molecule has 0 aliphatic rings. The van der Waals surface area contributed by atoms with Crippen LogP contribution in [0.2, 0.25) is 0 Å². The summed E-state index contributed by atoms with van der Waals surface area (Å²) in [5, 5.41) is 6.08. The summed E-state index contributed by atoms with van der Waals surface area (Å²) in [4.78, 5) is 16.1. The van der Waals surface area contributed by atoms with Gasteiger partial charge in [-0.05, 0) is 25.5 Å². The monoisotopic (exact) mass is 342 g/mol. The molecule has 2 heterocycles. The van der Waals surface area contributed by atoms with E-state index in [1.54, 1.807) is 19.1 Å². The fourth-order valence-corrected chi connectivity index (χ4v) is 2.16. The maximum absolute atomic E-state index is 13.1. The van der Waals surface area contributed by atoms with E-state index >= 15 is 0 Å². The predicted molar refractivity (Wildman–Crippen MR) is 79.5 cm³/mol. The number of hydrogen-bond donors (Lipinski definition) is 1. The minimum Gasteiger partial charge on any atom is -0.478 e. The highest BCUT2D eigenvalue weighted by molar-refractivity contribution is 5.95. The number of halogens is 3. The Morgan fingerprint density at radius 2 is 2.12 bits per heavy atom. The van der Waals surface area contributed by atoms with E-state index in [4.69, 9.17) is 4.74 Å². The zero-order valence-electron chi connectivity index (χ0n) is 13.2. The van der Waals surface area contributed by atoms with E-state index in [9.17, 15) is 18.0 Å². The molecule has 0 saturated heterocycles. The minimum atomic E-state index is -4.65. The normalized spacial score (nSPS) is 11.4. The van der Waals surface area contributed by atoms with Crippen LogP contribution in [0, 0.1) is 0 Å². The SMILES string of the molecule is CCOc1cc(CNC(=O)c2cnn(CC)c2C(F)(F)F)ccn1. The maximum Gasteiger partial charge on any atom is 0.433 e. The van der Waals surface area contributed by atoms with E-state index in [0.29, 0.717) is 18.1 Å². The van der Waals surface area contributed by atoms with Gasteiger partial charge < -0.3 is 10.1 Å². The lowest BCUT2D eigenvalue weighted by Crippen LogP contribution is -2.26. The van der Waals surface area contributed by atoms with Crippen LogP contribution in [0.5, 0.6) is 5.88 Å². The standard InChI is InChI=1S/C15H17F3N4O2/c1-3-22-13(15(16,17)18)11(9-21-22)14(23)20-8-10-5-6-19-12(7-10)24-4-2/h5-7,9H,3-4,8H2,1-2H3,(H,20,23). The molecule has 0 saturated carbocycles. The molecule has 130 valence electrons. The highest BCUT2D eigenvalue weighted by Gasteiger charge is 2.39. The van der Waals surface area contributed by atoms with Gasteiger partial charge in [0.25, 0.3) is 5.91 Å². The molecule has 1 N–H and O–H groups in total. The first-order valence-corrected chi connectivity index (χ1v) is 7.35. The molecule has 1 amide bonds. The van der Waals surface area contributed by atoms with Crippen molar-refractivity contribution in [3.63, 3.8) is 0 Å². The topological polar surface area (TPSA) is 69.0 Å². The number of nitrogens with one attached hydrogen (secondary N) is 1. The van der Waals surface area contributed by atoms with Gasteiger partial charge in [-0.25, -0.2) is 4.98 Å². The van der Waals surface area contributed by atoms with Crippen molar-refractivity contribution in [2.24, 2.45) is 0 Å². The van der Waals surface area contributed by atoms with Gasteiger partial charge in [-0.2, -0.15) is 18.3 Å². The first-order chi connectivity index (χ1) is 11.4. The van der Waals surface area contributed by atoms with E-state index in [1.807, 2.05) is 0 Å².